The minimum Gasteiger partial charge on any atom is -0.478 e. The van der Waals surface area contributed by atoms with Crippen LogP contribution in [0.4, 0.5) is 0 Å². The number of aliphatic carboxylic acids is 1. The number of carboxylic acid groups (broad SMARTS) is 1. The molecule has 1 N–H and O–H groups in total. The SMILES string of the molecule is CC(C)CN(C)C(=O)c1csc(C=CC(=O)O)c1. The molecule has 1 rings (SSSR count). The van der Waals surface area contributed by atoms with Gasteiger partial charge in [0.15, 0.2) is 0 Å². The van der Waals surface area contributed by atoms with Crippen molar-refractivity contribution in [2.24, 2.45) is 5.92 Å². The highest BCUT2D eigenvalue weighted by atomic mass is 32.1. The van der Waals surface area contributed by atoms with Gasteiger partial charge in [0.2, 0.25) is 0 Å². The van der Waals surface area contributed by atoms with Crippen LogP contribution in [0.5, 0.6) is 0 Å². The highest BCUT2D eigenvalue weighted by Crippen LogP contribution is 2.18. The number of hydrogen-bond acceptors (Lipinski definition) is 3. The van der Waals surface area contributed by atoms with Gasteiger partial charge in [-0.1, -0.05) is 13.8 Å². The zero-order valence-electron chi connectivity index (χ0n) is 10.7. The molecule has 0 unspecified atom stereocenters. The molecule has 0 aliphatic rings. The van der Waals surface area contributed by atoms with Gasteiger partial charge < -0.3 is 10.0 Å². The van der Waals surface area contributed by atoms with E-state index in [-0.39, 0.29) is 5.91 Å². The molecule has 1 aromatic heterocycles. The zero-order valence-corrected chi connectivity index (χ0v) is 11.5. The Morgan fingerprint density at radius 1 is 1.50 bits per heavy atom. The van der Waals surface area contributed by atoms with Gasteiger partial charge in [-0.2, -0.15) is 0 Å². The van der Waals surface area contributed by atoms with E-state index < -0.39 is 5.97 Å². The monoisotopic (exact) mass is 267 g/mol. The Bertz CT molecular complexity index is 463. The van der Waals surface area contributed by atoms with E-state index in [9.17, 15) is 9.59 Å². The first-order chi connectivity index (χ1) is 8.40. The third kappa shape index (κ3) is 4.33. The van der Waals surface area contributed by atoms with Gasteiger partial charge in [-0.15, -0.1) is 11.3 Å². The Morgan fingerprint density at radius 2 is 2.17 bits per heavy atom. The predicted molar refractivity (Wildman–Crippen MR) is 72.8 cm³/mol. The average Bonchev–Trinajstić information content (AvgIpc) is 2.72. The largest absolute Gasteiger partial charge is 0.478 e. The molecule has 0 spiro atoms. The van der Waals surface area contributed by atoms with Gasteiger partial charge in [0, 0.05) is 29.9 Å². The van der Waals surface area contributed by atoms with E-state index in [1.54, 1.807) is 23.4 Å². The van der Waals surface area contributed by atoms with Crippen LogP contribution in [-0.2, 0) is 4.79 Å². The van der Waals surface area contributed by atoms with Crippen LogP contribution in [0.25, 0.3) is 6.08 Å². The molecule has 1 aromatic rings. The maximum atomic E-state index is 12.0. The normalized spacial score (nSPS) is 11.1. The molecule has 0 radical (unpaired) electrons. The third-order valence-electron chi connectivity index (χ3n) is 2.24. The first kappa shape index (κ1) is 14.4. The summed E-state index contributed by atoms with van der Waals surface area (Å²) >= 11 is 1.36. The molecule has 0 saturated heterocycles. The zero-order chi connectivity index (χ0) is 13.7. The number of rotatable bonds is 5. The maximum absolute atomic E-state index is 12.0. The van der Waals surface area contributed by atoms with Crippen molar-refractivity contribution in [2.75, 3.05) is 13.6 Å². The van der Waals surface area contributed by atoms with E-state index in [2.05, 4.69) is 13.8 Å². The van der Waals surface area contributed by atoms with Crippen LogP contribution in [0.2, 0.25) is 0 Å². The Labute approximate surface area is 111 Å². The van der Waals surface area contributed by atoms with E-state index in [4.69, 9.17) is 5.11 Å². The molecular weight excluding hydrogens is 250 g/mol. The van der Waals surface area contributed by atoms with Crippen LogP contribution in [0, 0.1) is 5.92 Å². The fourth-order valence-corrected chi connectivity index (χ4v) is 2.33. The summed E-state index contributed by atoms with van der Waals surface area (Å²) in [6.07, 6.45) is 2.56. The van der Waals surface area contributed by atoms with Gasteiger partial charge in [0.1, 0.15) is 0 Å². The highest BCUT2D eigenvalue weighted by molar-refractivity contribution is 7.11. The van der Waals surface area contributed by atoms with Gasteiger partial charge in [-0.3, -0.25) is 4.79 Å². The van der Waals surface area contributed by atoms with Crippen LogP contribution in [0.15, 0.2) is 17.5 Å². The lowest BCUT2D eigenvalue weighted by atomic mass is 10.2. The van der Waals surface area contributed by atoms with E-state index in [0.717, 1.165) is 11.0 Å². The lowest BCUT2D eigenvalue weighted by Gasteiger charge is -2.18. The van der Waals surface area contributed by atoms with Crippen molar-refractivity contribution in [2.45, 2.75) is 13.8 Å². The summed E-state index contributed by atoms with van der Waals surface area (Å²) in [5.74, 6) is -0.605. The summed E-state index contributed by atoms with van der Waals surface area (Å²) in [6, 6.07) is 1.71. The van der Waals surface area contributed by atoms with Crippen molar-refractivity contribution in [1.82, 2.24) is 4.90 Å². The number of amides is 1. The second-order valence-corrected chi connectivity index (χ2v) is 5.43. The fraction of sp³-hybridized carbons (Fsp3) is 0.385. The quantitative estimate of drug-likeness (QED) is 0.834. The van der Waals surface area contributed by atoms with Crippen LogP contribution >= 0.6 is 11.3 Å². The van der Waals surface area contributed by atoms with Crippen molar-refractivity contribution in [3.05, 3.63) is 28.0 Å². The number of carboxylic acids is 1. The smallest absolute Gasteiger partial charge is 0.328 e. The molecule has 0 aliphatic heterocycles. The van der Waals surface area contributed by atoms with E-state index in [0.29, 0.717) is 18.0 Å². The molecule has 1 amide bonds. The van der Waals surface area contributed by atoms with Gasteiger partial charge in [-0.05, 0) is 18.1 Å². The van der Waals surface area contributed by atoms with E-state index in [1.165, 1.54) is 17.4 Å². The molecule has 0 fully saturated rings. The van der Waals surface area contributed by atoms with Crippen molar-refractivity contribution in [3.63, 3.8) is 0 Å². The summed E-state index contributed by atoms with van der Waals surface area (Å²) in [7, 11) is 1.77. The molecule has 18 heavy (non-hydrogen) atoms. The standard InChI is InChI=1S/C13H17NO3S/c1-9(2)7-14(3)13(17)10-6-11(18-8-10)4-5-12(15)16/h4-6,8-9H,7H2,1-3H3,(H,15,16). The lowest BCUT2D eigenvalue weighted by Crippen LogP contribution is -2.29. The summed E-state index contributed by atoms with van der Waals surface area (Å²) < 4.78 is 0. The first-order valence-electron chi connectivity index (χ1n) is 5.65. The number of carbonyl (C=O) groups is 2. The summed E-state index contributed by atoms with van der Waals surface area (Å²) in [5.41, 5.74) is 0.605. The summed E-state index contributed by atoms with van der Waals surface area (Å²) in [4.78, 5) is 24.8. The molecule has 0 saturated carbocycles. The van der Waals surface area contributed by atoms with Crippen molar-refractivity contribution < 1.29 is 14.7 Å². The molecule has 0 aliphatic carbocycles. The minimum atomic E-state index is -0.992. The molecule has 0 bridgehead atoms. The van der Waals surface area contributed by atoms with Crippen molar-refractivity contribution in [3.8, 4) is 0 Å². The summed E-state index contributed by atoms with van der Waals surface area (Å²) in [6.45, 7) is 4.81. The van der Waals surface area contributed by atoms with Crippen molar-refractivity contribution in [1.29, 1.82) is 0 Å². The Kier molecular flexibility index (Phi) is 5.09. The van der Waals surface area contributed by atoms with Crippen molar-refractivity contribution >= 4 is 29.3 Å². The second kappa shape index (κ2) is 6.35. The molecule has 0 aromatic carbocycles. The molecular formula is C13H17NO3S. The van der Waals surface area contributed by atoms with Crippen LogP contribution in [-0.4, -0.2) is 35.5 Å². The number of hydrogen-bond donors (Lipinski definition) is 1. The van der Waals surface area contributed by atoms with Gasteiger partial charge >= 0.3 is 5.97 Å². The van der Waals surface area contributed by atoms with E-state index in [1.807, 2.05) is 0 Å². The average molecular weight is 267 g/mol. The molecule has 4 nitrogen and oxygen atoms in total. The Morgan fingerprint density at radius 3 is 2.72 bits per heavy atom. The molecule has 1 heterocycles. The van der Waals surface area contributed by atoms with Gasteiger partial charge in [0.25, 0.3) is 5.91 Å². The topological polar surface area (TPSA) is 57.6 Å². The summed E-state index contributed by atoms with van der Waals surface area (Å²) in [5, 5.41) is 10.3. The molecule has 0 atom stereocenters. The Balaban J connectivity index is 2.73. The number of thiophene rings is 1. The van der Waals surface area contributed by atoms with Crippen LogP contribution < -0.4 is 0 Å². The lowest BCUT2D eigenvalue weighted by molar-refractivity contribution is -0.131. The second-order valence-electron chi connectivity index (χ2n) is 4.49. The van der Waals surface area contributed by atoms with Crippen LogP contribution in [0.1, 0.15) is 29.1 Å². The van der Waals surface area contributed by atoms with E-state index >= 15 is 0 Å². The van der Waals surface area contributed by atoms with Gasteiger partial charge in [0.05, 0.1) is 5.56 Å². The molecule has 5 heteroatoms. The van der Waals surface area contributed by atoms with Gasteiger partial charge in [-0.25, -0.2) is 4.79 Å². The third-order valence-corrected chi connectivity index (χ3v) is 3.14. The Hall–Kier alpha value is -1.62. The maximum Gasteiger partial charge on any atom is 0.328 e. The first-order valence-corrected chi connectivity index (χ1v) is 6.53. The number of carbonyl (C=O) groups excluding carboxylic acids is 1. The molecule has 98 valence electrons. The number of nitrogens with zero attached hydrogens (tertiary/aromatic N) is 1. The fourth-order valence-electron chi connectivity index (χ4n) is 1.56. The predicted octanol–water partition coefficient (Wildman–Crippen LogP) is 2.57. The highest BCUT2D eigenvalue weighted by Gasteiger charge is 2.14. The van der Waals surface area contributed by atoms with Crippen LogP contribution in [0.3, 0.4) is 0 Å². The minimum absolute atomic E-state index is 0.0325.